The van der Waals surface area contributed by atoms with Crippen molar-refractivity contribution >= 4 is 21.7 Å². The van der Waals surface area contributed by atoms with Gasteiger partial charge in [-0.2, -0.15) is 4.39 Å². The summed E-state index contributed by atoms with van der Waals surface area (Å²) in [4.78, 5) is 15.6. The van der Waals surface area contributed by atoms with E-state index in [4.69, 9.17) is 9.47 Å². The summed E-state index contributed by atoms with van der Waals surface area (Å²) in [6.07, 6.45) is 0.460. The van der Waals surface area contributed by atoms with Crippen molar-refractivity contribution in [3.63, 3.8) is 0 Å². The molecule has 0 amide bonds. The van der Waals surface area contributed by atoms with Crippen LogP contribution in [0.5, 0.6) is 11.5 Å². The molecule has 4 nitrogen and oxygen atoms in total. The molecule has 0 fully saturated rings. The van der Waals surface area contributed by atoms with Gasteiger partial charge >= 0.3 is 0 Å². The zero-order valence-electron chi connectivity index (χ0n) is 12.1. The van der Waals surface area contributed by atoms with Gasteiger partial charge in [0.25, 0.3) is 0 Å². The van der Waals surface area contributed by atoms with Crippen molar-refractivity contribution in [1.29, 1.82) is 0 Å². The number of Topliss-reactive ketones (excluding diaryl/α,β-unsaturated/α-hetero) is 1. The number of hydrogen-bond acceptors (Lipinski definition) is 4. The molecule has 23 heavy (non-hydrogen) atoms. The minimum atomic E-state index is -1.04. The Labute approximate surface area is 138 Å². The van der Waals surface area contributed by atoms with Gasteiger partial charge in [-0.15, -0.1) is 0 Å². The average Bonchev–Trinajstić information content (AvgIpc) is 2.53. The second-order valence-electron chi connectivity index (χ2n) is 4.48. The Morgan fingerprint density at radius 2 is 1.70 bits per heavy atom. The van der Waals surface area contributed by atoms with E-state index >= 15 is 0 Å². The quantitative estimate of drug-likeness (QED) is 0.577. The SMILES string of the molecule is COc1cc(OC)c(F)c(CC(=O)c2cc(Br)cnc2F)c1F. The van der Waals surface area contributed by atoms with E-state index in [1.807, 2.05) is 0 Å². The maximum atomic E-state index is 14.2. The lowest BCUT2D eigenvalue weighted by atomic mass is 10.0. The predicted molar refractivity (Wildman–Crippen MR) is 79.4 cm³/mol. The molecule has 0 saturated carbocycles. The Bertz CT molecular complexity index is 740. The van der Waals surface area contributed by atoms with Gasteiger partial charge in [-0.05, 0) is 22.0 Å². The smallest absolute Gasteiger partial charge is 0.223 e. The number of pyridine rings is 1. The van der Waals surface area contributed by atoms with E-state index in [9.17, 15) is 18.0 Å². The first-order valence-corrected chi connectivity index (χ1v) is 7.11. The van der Waals surface area contributed by atoms with Crippen LogP contribution in [0, 0.1) is 17.6 Å². The first kappa shape index (κ1) is 17.3. The maximum absolute atomic E-state index is 14.2. The van der Waals surface area contributed by atoms with E-state index in [1.165, 1.54) is 26.5 Å². The van der Waals surface area contributed by atoms with Gasteiger partial charge in [0.2, 0.25) is 5.95 Å². The highest BCUT2D eigenvalue weighted by atomic mass is 79.9. The number of methoxy groups -OCH3 is 2. The number of carbonyl (C=O) groups excluding carboxylic acids is 1. The molecule has 122 valence electrons. The first-order valence-electron chi connectivity index (χ1n) is 6.32. The lowest BCUT2D eigenvalue weighted by Crippen LogP contribution is -2.11. The van der Waals surface area contributed by atoms with Gasteiger partial charge in [-0.25, -0.2) is 13.8 Å². The van der Waals surface area contributed by atoms with Crippen LogP contribution in [0.15, 0.2) is 22.8 Å². The highest BCUT2D eigenvalue weighted by Crippen LogP contribution is 2.32. The summed E-state index contributed by atoms with van der Waals surface area (Å²) < 4.78 is 52.0. The summed E-state index contributed by atoms with van der Waals surface area (Å²) in [6.45, 7) is 0. The molecule has 0 aliphatic heterocycles. The minimum Gasteiger partial charge on any atom is -0.494 e. The molecule has 0 unspecified atom stereocenters. The standard InChI is InChI=1S/C15H11BrF3NO3/c1-22-11-5-12(23-2)14(18)9(13(11)17)4-10(21)8-3-7(16)6-20-15(8)19/h3,5-6H,4H2,1-2H3. The van der Waals surface area contributed by atoms with Gasteiger partial charge in [0.15, 0.2) is 28.9 Å². The Balaban J connectivity index is 2.47. The monoisotopic (exact) mass is 389 g/mol. The Morgan fingerprint density at radius 1 is 1.13 bits per heavy atom. The summed E-state index contributed by atoms with van der Waals surface area (Å²) in [7, 11) is 2.39. The molecule has 1 heterocycles. The van der Waals surface area contributed by atoms with Crippen molar-refractivity contribution in [2.24, 2.45) is 0 Å². The van der Waals surface area contributed by atoms with Gasteiger partial charge in [-0.3, -0.25) is 4.79 Å². The van der Waals surface area contributed by atoms with Crippen LogP contribution in [-0.4, -0.2) is 25.0 Å². The summed E-state index contributed by atoms with van der Waals surface area (Å²) in [6, 6.07) is 2.22. The van der Waals surface area contributed by atoms with E-state index in [2.05, 4.69) is 20.9 Å². The van der Waals surface area contributed by atoms with E-state index in [0.717, 1.165) is 6.07 Å². The van der Waals surface area contributed by atoms with Crippen molar-refractivity contribution in [3.8, 4) is 11.5 Å². The third-order valence-corrected chi connectivity index (χ3v) is 3.54. The number of halogens is 4. The topological polar surface area (TPSA) is 48.4 Å². The molecule has 0 spiro atoms. The van der Waals surface area contributed by atoms with Gasteiger partial charge < -0.3 is 9.47 Å². The van der Waals surface area contributed by atoms with Crippen molar-refractivity contribution in [3.05, 3.63) is 51.5 Å². The number of rotatable bonds is 5. The van der Waals surface area contributed by atoms with Gasteiger partial charge in [-0.1, -0.05) is 0 Å². The minimum absolute atomic E-state index is 0.279. The molecule has 1 aromatic heterocycles. The zero-order chi connectivity index (χ0) is 17.1. The lowest BCUT2D eigenvalue weighted by molar-refractivity contribution is 0.0985. The summed E-state index contributed by atoms with van der Waals surface area (Å²) >= 11 is 3.06. The molecule has 2 aromatic rings. The Morgan fingerprint density at radius 3 is 2.22 bits per heavy atom. The molecule has 8 heteroatoms. The van der Waals surface area contributed by atoms with Crippen LogP contribution in [0.4, 0.5) is 13.2 Å². The van der Waals surface area contributed by atoms with Gasteiger partial charge in [0.1, 0.15) is 0 Å². The molecular formula is C15H11BrF3NO3. The van der Waals surface area contributed by atoms with Crippen molar-refractivity contribution in [2.45, 2.75) is 6.42 Å². The third kappa shape index (κ3) is 3.47. The van der Waals surface area contributed by atoms with Crippen LogP contribution < -0.4 is 9.47 Å². The van der Waals surface area contributed by atoms with Crippen LogP contribution in [0.1, 0.15) is 15.9 Å². The molecule has 0 atom stereocenters. The molecule has 2 rings (SSSR count). The fourth-order valence-electron chi connectivity index (χ4n) is 1.97. The lowest BCUT2D eigenvalue weighted by Gasteiger charge is -2.12. The van der Waals surface area contributed by atoms with Crippen LogP contribution in [0.25, 0.3) is 0 Å². The molecule has 0 aliphatic rings. The largest absolute Gasteiger partial charge is 0.494 e. The molecule has 0 saturated heterocycles. The third-order valence-electron chi connectivity index (χ3n) is 3.11. The second-order valence-corrected chi connectivity index (χ2v) is 5.40. The van der Waals surface area contributed by atoms with E-state index in [0.29, 0.717) is 4.47 Å². The molecule has 0 radical (unpaired) electrons. The van der Waals surface area contributed by atoms with Crippen molar-refractivity contribution < 1.29 is 27.4 Å². The highest BCUT2D eigenvalue weighted by molar-refractivity contribution is 9.10. The zero-order valence-corrected chi connectivity index (χ0v) is 13.7. The number of hydrogen-bond donors (Lipinski definition) is 0. The van der Waals surface area contributed by atoms with Crippen molar-refractivity contribution in [1.82, 2.24) is 4.98 Å². The van der Waals surface area contributed by atoms with Crippen LogP contribution >= 0.6 is 15.9 Å². The highest BCUT2D eigenvalue weighted by Gasteiger charge is 2.24. The van der Waals surface area contributed by atoms with E-state index in [1.54, 1.807) is 0 Å². The van der Waals surface area contributed by atoms with E-state index < -0.39 is 35.3 Å². The van der Waals surface area contributed by atoms with Crippen LogP contribution in [0.3, 0.4) is 0 Å². The molecule has 0 aliphatic carbocycles. The molecule has 1 aromatic carbocycles. The summed E-state index contributed by atoms with van der Waals surface area (Å²) in [5.41, 5.74) is -0.939. The Kier molecular flexibility index (Phi) is 5.25. The maximum Gasteiger partial charge on any atom is 0.223 e. The normalized spacial score (nSPS) is 10.5. The van der Waals surface area contributed by atoms with Crippen LogP contribution in [-0.2, 0) is 6.42 Å². The Hall–Kier alpha value is -2.09. The number of aromatic nitrogens is 1. The number of carbonyl (C=O) groups is 1. The number of nitrogens with zero attached hydrogens (tertiary/aromatic N) is 1. The van der Waals surface area contributed by atoms with E-state index in [-0.39, 0.29) is 17.1 Å². The van der Waals surface area contributed by atoms with Gasteiger partial charge in [0, 0.05) is 28.7 Å². The fourth-order valence-corrected chi connectivity index (χ4v) is 2.30. The molecule has 0 N–H and O–H groups in total. The second kappa shape index (κ2) is 6.99. The van der Waals surface area contributed by atoms with Crippen LogP contribution in [0.2, 0.25) is 0 Å². The number of benzene rings is 1. The fraction of sp³-hybridized carbons (Fsp3) is 0.200. The van der Waals surface area contributed by atoms with Gasteiger partial charge in [0.05, 0.1) is 19.8 Å². The first-order chi connectivity index (χ1) is 10.9. The summed E-state index contributed by atoms with van der Waals surface area (Å²) in [5, 5.41) is 0. The predicted octanol–water partition coefficient (Wildman–Crippen LogP) is 3.70. The number of ether oxygens (including phenoxy) is 2. The number of ketones is 1. The van der Waals surface area contributed by atoms with Crippen molar-refractivity contribution in [2.75, 3.05) is 14.2 Å². The summed E-state index contributed by atoms with van der Waals surface area (Å²) in [5.74, 6) is -4.49. The average molecular weight is 390 g/mol. The molecular weight excluding hydrogens is 379 g/mol. The molecule has 0 bridgehead atoms.